The van der Waals surface area contributed by atoms with Gasteiger partial charge in [-0.25, -0.2) is 0 Å². The van der Waals surface area contributed by atoms with Crippen LogP contribution in [0.15, 0.2) is 150 Å². The first-order valence-corrected chi connectivity index (χ1v) is 18.0. The number of methoxy groups -OCH3 is 1. The first kappa shape index (κ1) is 39.3. The molecule has 0 bridgehead atoms. The van der Waals surface area contributed by atoms with Crippen molar-refractivity contribution >= 4 is 36.2 Å². The average Bonchev–Trinajstić information content (AvgIpc) is 3.68. The van der Waals surface area contributed by atoms with Crippen LogP contribution in [0, 0.1) is 0 Å². The number of benzene rings is 5. The Kier molecular flexibility index (Phi) is 18.4. The van der Waals surface area contributed by atoms with Crippen LogP contribution in [0.2, 0.25) is 0 Å². The fourth-order valence-corrected chi connectivity index (χ4v) is 13.4. The summed E-state index contributed by atoms with van der Waals surface area (Å²) in [5, 5.41) is 5.43. The molecule has 5 aromatic rings. The third kappa shape index (κ3) is 11.1. The second kappa shape index (κ2) is 21.1. The standard InChI is InChI=1S/C33H31NOP2.C4H8O.2BrH.Pd/c1-35-29-24-22-28(23-25-29)26-34-37(32-18-10-4-11-19-32,33-20-12-5-13-21-33)27-36(30-14-6-2-7-15-30)31-16-8-3-9-17-31;1-2-4-5-3-1;;;/h2-25H,26-27H2,1H3;1-4H2;2*1H;/q;;;;+2/p-2. The van der Waals surface area contributed by atoms with Crippen LogP contribution in [0.1, 0.15) is 18.4 Å². The Bertz CT molecular complexity index is 1450. The molecule has 0 N–H and O–H groups in total. The summed E-state index contributed by atoms with van der Waals surface area (Å²) in [5.41, 5.74) is 1.20. The second-order valence-electron chi connectivity index (χ2n) is 10.1. The molecule has 1 aliphatic heterocycles. The van der Waals surface area contributed by atoms with Gasteiger partial charge in [0.15, 0.2) is 0 Å². The largest absolute Gasteiger partial charge is 2.00 e. The topological polar surface area (TPSA) is 30.8 Å². The van der Waals surface area contributed by atoms with Crippen LogP contribution in [-0.4, -0.2) is 26.2 Å². The van der Waals surface area contributed by atoms with E-state index >= 15 is 0 Å². The minimum atomic E-state index is -2.15. The van der Waals surface area contributed by atoms with Crippen LogP contribution in [0.4, 0.5) is 0 Å². The second-order valence-corrected chi connectivity index (χ2v) is 16.0. The molecule has 0 atom stereocenters. The summed E-state index contributed by atoms with van der Waals surface area (Å²) in [4.78, 5) is 0. The molecule has 0 saturated carbocycles. The first-order chi connectivity index (χ1) is 20.8. The van der Waals surface area contributed by atoms with Gasteiger partial charge >= 0.3 is 20.4 Å². The van der Waals surface area contributed by atoms with Crippen molar-refractivity contribution in [2.75, 3.05) is 26.2 Å². The Morgan fingerprint density at radius 1 is 0.622 bits per heavy atom. The summed E-state index contributed by atoms with van der Waals surface area (Å²) >= 11 is 0. The van der Waals surface area contributed by atoms with E-state index in [2.05, 4.69) is 133 Å². The van der Waals surface area contributed by atoms with Gasteiger partial charge in [0.1, 0.15) is 5.75 Å². The molecule has 45 heavy (non-hydrogen) atoms. The smallest absolute Gasteiger partial charge is 1.00 e. The van der Waals surface area contributed by atoms with Crippen molar-refractivity contribution in [3.05, 3.63) is 151 Å². The van der Waals surface area contributed by atoms with Crippen LogP contribution in [0.5, 0.6) is 5.75 Å². The molecule has 5 aromatic carbocycles. The van der Waals surface area contributed by atoms with E-state index in [-0.39, 0.29) is 54.4 Å². The van der Waals surface area contributed by atoms with Gasteiger partial charge in [0.2, 0.25) is 0 Å². The molecule has 1 aliphatic rings. The molecule has 6 rings (SSSR count). The molecular weight excluding hydrogens is 819 g/mol. The normalized spacial score (nSPS) is 12.0. The molecule has 1 saturated heterocycles. The summed E-state index contributed by atoms with van der Waals surface area (Å²) in [6.45, 7) is 2.66. The summed E-state index contributed by atoms with van der Waals surface area (Å²) < 4.78 is 16.0. The van der Waals surface area contributed by atoms with Gasteiger partial charge in [-0.15, -0.1) is 0 Å². The zero-order chi connectivity index (χ0) is 28.9. The van der Waals surface area contributed by atoms with Crippen molar-refractivity contribution in [2.45, 2.75) is 19.4 Å². The van der Waals surface area contributed by atoms with Crippen LogP contribution < -0.4 is 59.9 Å². The van der Waals surface area contributed by atoms with Gasteiger partial charge < -0.3 is 43.4 Å². The maximum atomic E-state index is 5.70. The van der Waals surface area contributed by atoms with Gasteiger partial charge in [-0.3, -0.25) is 4.74 Å². The van der Waals surface area contributed by atoms with Gasteiger partial charge in [-0.1, -0.05) is 133 Å². The SMILES string of the molecule is C1CCOC1.COc1ccc(CN=P(CP(c2ccccc2)c2ccccc2)(c2ccccc2)c2ccccc2)cc1.[Br-].[Br-].[Pd+2]. The summed E-state index contributed by atoms with van der Waals surface area (Å²) in [7, 11) is -1.08. The number of hydrogen-bond donors (Lipinski definition) is 0. The predicted molar refractivity (Wildman–Crippen MR) is 182 cm³/mol. The van der Waals surface area contributed by atoms with Crippen LogP contribution in [-0.2, 0) is 31.7 Å². The van der Waals surface area contributed by atoms with Crippen LogP contribution in [0.3, 0.4) is 0 Å². The van der Waals surface area contributed by atoms with Gasteiger partial charge in [0.25, 0.3) is 0 Å². The third-order valence-electron chi connectivity index (χ3n) is 7.33. The van der Waals surface area contributed by atoms with Crippen molar-refractivity contribution in [1.82, 2.24) is 0 Å². The molecule has 1 fully saturated rings. The van der Waals surface area contributed by atoms with Gasteiger partial charge in [-0.05, 0) is 59.7 Å². The maximum absolute atomic E-state index is 5.70. The monoisotopic (exact) mass is 855 g/mol. The van der Waals surface area contributed by atoms with Crippen LogP contribution >= 0.6 is 15.0 Å². The molecule has 3 nitrogen and oxygen atoms in total. The minimum absolute atomic E-state index is 0. The minimum Gasteiger partial charge on any atom is -1.00 e. The Balaban J connectivity index is 0.000000805. The fraction of sp³-hybridized carbons (Fsp3) is 0.189. The molecule has 1 heterocycles. The average molecular weight is 858 g/mol. The van der Waals surface area contributed by atoms with E-state index in [9.17, 15) is 0 Å². The molecule has 0 unspecified atom stereocenters. The Hall–Kier alpha value is -1.86. The number of rotatable bonds is 9. The Morgan fingerprint density at radius 3 is 1.42 bits per heavy atom. The van der Waals surface area contributed by atoms with E-state index in [0.717, 1.165) is 24.9 Å². The fourth-order valence-electron chi connectivity index (χ4n) is 5.05. The summed E-state index contributed by atoms with van der Waals surface area (Å²) in [6, 6.07) is 52.2. The van der Waals surface area contributed by atoms with Crippen molar-refractivity contribution in [2.24, 2.45) is 4.74 Å². The van der Waals surface area contributed by atoms with E-state index in [0.29, 0.717) is 6.54 Å². The van der Waals surface area contributed by atoms with E-state index in [4.69, 9.17) is 14.2 Å². The number of halogens is 2. The number of ether oxygens (including phenoxy) is 2. The summed E-state index contributed by atoms with van der Waals surface area (Å²) in [6.07, 6.45) is 2.56. The van der Waals surface area contributed by atoms with E-state index in [1.54, 1.807) is 7.11 Å². The van der Waals surface area contributed by atoms with Crippen molar-refractivity contribution in [3.63, 3.8) is 0 Å². The maximum Gasteiger partial charge on any atom is 2.00 e. The van der Waals surface area contributed by atoms with Gasteiger partial charge in [-0.2, -0.15) is 0 Å². The molecule has 0 aliphatic carbocycles. The Labute approximate surface area is 305 Å². The van der Waals surface area contributed by atoms with Crippen molar-refractivity contribution < 1.29 is 63.9 Å². The van der Waals surface area contributed by atoms with E-state index < -0.39 is 15.0 Å². The molecule has 0 radical (unpaired) electrons. The van der Waals surface area contributed by atoms with Gasteiger partial charge in [0.05, 0.1) is 13.7 Å². The molecule has 0 aromatic heterocycles. The van der Waals surface area contributed by atoms with E-state index in [1.807, 2.05) is 12.1 Å². The van der Waals surface area contributed by atoms with Crippen molar-refractivity contribution in [1.29, 1.82) is 0 Å². The number of hydrogen-bond acceptors (Lipinski definition) is 3. The molecular formula is C37H39Br2NO2P2Pd. The predicted octanol–water partition coefficient (Wildman–Crippen LogP) is 1.94. The number of nitrogens with zero attached hydrogens (tertiary/aromatic N) is 1. The zero-order valence-corrected chi connectivity index (χ0v) is 31.8. The molecule has 238 valence electrons. The van der Waals surface area contributed by atoms with E-state index in [1.165, 1.54) is 39.6 Å². The first-order valence-electron chi connectivity index (χ1n) is 14.6. The molecule has 0 amide bonds. The summed E-state index contributed by atoms with van der Waals surface area (Å²) in [5.74, 6) is 1.85. The molecule has 8 heteroatoms. The van der Waals surface area contributed by atoms with Gasteiger partial charge in [0, 0.05) is 26.2 Å². The Morgan fingerprint density at radius 2 is 1.04 bits per heavy atom. The molecule has 0 spiro atoms. The quantitative estimate of drug-likeness (QED) is 0.168. The zero-order valence-electron chi connectivity index (χ0n) is 25.3. The third-order valence-corrected chi connectivity index (χ3v) is 14.9. The van der Waals surface area contributed by atoms with Crippen molar-refractivity contribution in [3.8, 4) is 5.75 Å². The van der Waals surface area contributed by atoms with Crippen LogP contribution in [0.25, 0.3) is 0 Å².